The number of rotatable bonds is 8. The first-order valence-corrected chi connectivity index (χ1v) is 10.7. The normalized spacial score (nSPS) is 12.6. The number of carbonyl (C=O) groups excluding carboxylic acids is 1. The van der Waals surface area contributed by atoms with Crippen molar-refractivity contribution >= 4 is 21.8 Å². The van der Waals surface area contributed by atoms with Crippen LogP contribution in [0.2, 0.25) is 0 Å². The van der Waals surface area contributed by atoms with Crippen LogP contribution >= 0.6 is 0 Å². The van der Waals surface area contributed by atoms with Crippen molar-refractivity contribution in [2.24, 2.45) is 0 Å². The van der Waals surface area contributed by atoms with E-state index in [0.29, 0.717) is 12.1 Å². The summed E-state index contributed by atoms with van der Waals surface area (Å²) in [6, 6.07) is 14.6. The molecule has 2 aromatic rings. The van der Waals surface area contributed by atoms with E-state index in [1.165, 1.54) is 19.7 Å². The topological polar surface area (TPSA) is 69.7 Å². The molecule has 1 unspecified atom stereocenters. The fourth-order valence-corrected chi connectivity index (χ4v) is 3.93. The Labute approximate surface area is 168 Å². The smallest absolute Gasteiger partial charge is 0.304 e. The van der Waals surface area contributed by atoms with Gasteiger partial charge in [0.15, 0.2) is 0 Å². The number of para-hydroxylation sites is 1. The van der Waals surface area contributed by atoms with Crippen molar-refractivity contribution in [2.45, 2.75) is 33.2 Å². The van der Waals surface area contributed by atoms with Crippen LogP contribution in [0.15, 0.2) is 48.5 Å². The number of carbonyl (C=O) groups is 1. The summed E-state index contributed by atoms with van der Waals surface area (Å²) in [5.41, 5.74) is 3.81. The van der Waals surface area contributed by atoms with E-state index in [0.717, 1.165) is 19.7 Å². The largest absolute Gasteiger partial charge is 0.348 e. The second kappa shape index (κ2) is 9.21. The minimum atomic E-state index is -3.80. The van der Waals surface area contributed by atoms with Crippen molar-refractivity contribution in [3.63, 3.8) is 0 Å². The monoisotopic (exact) mass is 403 g/mol. The average molecular weight is 404 g/mol. The minimum Gasteiger partial charge on any atom is -0.348 e. The van der Waals surface area contributed by atoms with Crippen molar-refractivity contribution in [3.05, 3.63) is 65.2 Å². The van der Waals surface area contributed by atoms with Gasteiger partial charge in [-0.1, -0.05) is 43.3 Å². The molecule has 7 heteroatoms. The highest BCUT2D eigenvalue weighted by molar-refractivity contribution is 7.90. The highest BCUT2D eigenvalue weighted by Gasteiger charge is 2.27. The van der Waals surface area contributed by atoms with Crippen molar-refractivity contribution < 1.29 is 13.2 Å². The number of benzene rings is 2. The van der Waals surface area contributed by atoms with Crippen molar-refractivity contribution in [1.82, 2.24) is 9.62 Å². The van der Waals surface area contributed by atoms with Crippen LogP contribution in [0, 0.1) is 13.8 Å². The molecule has 0 spiro atoms. The van der Waals surface area contributed by atoms with Crippen LogP contribution < -0.4 is 9.62 Å². The minimum absolute atomic E-state index is 0.175. The van der Waals surface area contributed by atoms with Gasteiger partial charge in [0.2, 0.25) is 5.91 Å². The van der Waals surface area contributed by atoms with Gasteiger partial charge in [0.05, 0.1) is 11.7 Å². The fraction of sp³-hybridized carbons (Fsp3) is 0.381. The summed E-state index contributed by atoms with van der Waals surface area (Å²) < 4.78 is 27.7. The van der Waals surface area contributed by atoms with Crippen LogP contribution in [0.5, 0.6) is 0 Å². The first-order valence-electron chi connectivity index (χ1n) is 9.28. The standard InChI is InChI=1S/C21H29N3O3S/c1-6-20(18-13-12-16(2)17(3)14-18)22-21(25)15-24(28(26,27)23(4)5)19-10-8-7-9-11-19/h7-14,20H,6,15H2,1-5H3,(H,22,25). The van der Waals surface area contributed by atoms with Gasteiger partial charge < -0.3 is 5.32 Å². The first kappa shape index (κ1) is 21.9. The maximum absolute atomic E-state index is 12.8. The predicted octanol–water partition coefficient (Wildman–Crippen LogP) is 3.18. The van der Waals surface area contributed by atoms with Gasteiger partial charge in [-0.05, 0) is 49.1 Å². The number of nitrogens with one attached hydrogen (secondary N) is 1. The van der Waals surface area contributed by atoms with E-state index in [2.05, 4.69) is 11.4 Å². The lowest BCUT2D eigenvalue weighted by atomic mass is 9.99. The summed E-state index contributed by atoms with van der Waals surface area (Å²) in [6.45, 7) is 5.79. The predicted molar refractivity (Wildman–Crippen MR) is 113 cm³/mol. The molecule has 0 saturated carbocycles. The molecule has 0 aliphatic heterocycles. The van der Waals surface area contributed by atoms with Gasteiger partial charge >= 0.3 is 10.2 Å². The number of aryl methyl sites for hydroxylation is 2. The molecule has 1 amide bonds. The third-order valence-electron chi connectivity index (χ3n) is 4.75. The summed E-state index contributed by atoms with van der Waals surface area (Å²) in [6.07, 6.45) is 0.708. The maximum Gasteiger partial charge on any atom is 0.304 e. The Bertz CT molecular complexity index is 912. The zero-order valence-electron chi connectivity index (χ0n) is 17.1. The molecular weight excluding hydrogens is 374 g/mol. The molecule has 28 heavy (non-hydrogen) atoms. The summed E-state index contributed by atoms with van der Waals surface area (Å²) in [4.78, 5) is 12.8. The Hall–Kier alpha value is -2.38. The van der Waals surface area contributed by atoms with Crippen LogP contribution in [-0.4, -0.2) is 39.3 Å². The molecule has 0 aromatic heterocycles. The molecule has 152 valence electrons. The van der Waals surface area contributed by atoms with Crippen LogP contribution in [0.3, 0.4) is 0 Å². The lowest BCUT2D eigenvalue weighted by molar-refractivity contribution is -0.120. The summed E-state index contributed by atoms with van der Waals surface area (Å²) in [7, 11) is -0.898. The number of hydrogen-bond donors (Lipinski definition) is 1. The van der Waals surface area contributed by atoms with E-state index in [1.54, 1.807) is 30.3 Å². The Morgan fingerprint density at radius 2 is 1.68 bits per heavy atom. The molecular formula is C21H29N3O3S. The third-order valence-corrected chi connectivity index (χ3v) is 6.57. The van der Waals surface area contributed by atoms with Gasteiger partial charge in [0, 0.05) is 14.1 Å². The van der Waals surface area contributed by atoms with Gasteiger partial charge in [-0.15, -0.1) is 0 Å². The van der Waals surface area contributed by atoms with Crippen LogP contribution in [-0.2, 0) is 15.0 Å². The third kappa shape index (κ3) is 5.11. The fourth-order valence-electron chi connectivity index (χ4n) is 2.87. The highest BCUT2D eigenvalue weighted by Crippen LogP contribution is 2.21. The van der Waals surface area contributed by atoms with E-state index >= 15 is 0 Å². The van der Waals surface area contributed by atoms with E-state index in [9.17, 15) is 13.2 Å². The second-order valence-corrected chi connectivity index (χ2v) is 9.07. The van der Waals surface area contributed by atoms with E-state index in [1.807, 2.05) is 32.9 Å². The first-order chi connectivity index (χ1) is 13.2. The Morgan fingerprint density at radius 3 is 2.21 bits per heavy atom. The van der Waals surface area contributed by atoms with E-state index < -0.39 is 10.2 Å². The van der Waals surface area contributed by atoms with Gasteiger partial charge in [-0.3, -0.25) is 4.79 Å². The quantitative estimate of drug-likeness (QED) is 0.736. The lowest BCUT2D eigenvalue weighted by Gasteiger charge is -2.28. The number of anilines is 1. The molecule has 0 radical (unpaired) electrons. The highest BCUT2D eigenvalue weighted by atomic mass is 32.2. The van der Waals surface area contributed by atoms with Gasteiger partial charge in [0.25, 0.3) is 0 Å². The van der Waals surface area contributed by atoms with Gasteiger partial charge in [-0.25, -0.2) is 4.31 Å². The molecule has 6 nitrogen and oxygen atoms in total. The zero-order valence-corrected chi connectivity index (χ0v) is 18.0. The average Bonchev–Trinajstić information content (AvgIpc) is 2.67. The molecule has 0 aliphatic carbocycles. The van der Waals surface area contributed by atoms with Gasteiger partial charge in [0.1, 0.15) is 6.54 Å². The number of amides is 1. The van der Waals surface area contributed by atoms with Crippen molar-refractivity contribution in [1.29, 1.82) is 0 Å². The Morgan fingerprint density at radius 1 is 1.04 bits per heavy atom. The van der Waals surface area contributed by atoms with E-state index in [4.69, 9.17) is 0 Å². The van der Waals surface area contributed by atoms with Crippen molar-refractivity contribution in [2.75, 3.05) is 24.9 Å². The maximum atomic E-state index is 12.8. The molecule has 0 bridgehead atoms. The van der Waals surface area contributed by atoms with Crippen molar-refractivity contribution in [3.8, 4) is 0 Å². The van der Waals surface area contributed by atoms with E-state index in [-0.39, 0.29) is 18.5 Å². The number of hydrogen-bond acceptors (Lipinski definition) is 3. The molecule has 2 rings (SSSR count). The molecule has 1 atom stereocenters. The van der Waals surface area contributed by atoms with Crippen LogP contribution in [0.25, 0.3) is 0 Å². The molecule has 2 aromatic carbocycles. The summed E-state index contributed by atoms with van der Waals surface area (Å²) in [5, 5.41) is 2.98. The van der Waals surface area contributed by atoms with Gasteiger partial charge in [-0.2, -0.15) is 12.7 Å². The number of nitrogens with zero attached hydrogens (tertiary/aromatic N) is 2. The SMILES string of the molecule is CCC(NC(=O)CN(c1ccccc1)S(=O)(=O)N(C)C)c1ccc(C)c(C)c1. The Balaban J connectivity index is 2.24. The molecule has 0 fully saturated rings. The molecule has 0 saturated heterocycles. The van der Waals surface area contributed by atoms with Crippen LogP contribution in [0.1, 0.15) is 36.1 Å². The van der Waals surface area contributed by atoms with Crippen LogP contribution in [0.4, 0.5) is 5.69 Å². The zero-order chi connectivity index (χ0) is 20.9. The summed E-state index contributed by atoms with van der Waals surface area (Å²) >= 11 is 0. The Kier molecular flexibility index (Phi) is 7.21. The second-order valence-electron chi connectivity index (χ2n) is 7.00. The molecule has 0 heterocycles. The summed E-state index contributed by atoms with van der Waals surface area (Å²) in [5.74, 6) is -0.348. The molecule has 0 aliphatic rings. The molecule has 1 N–H and O–H groups in total. The lowest BCUT2D eigenvalue weighted by Crippen LogP contribution is -2.46.